The SMILES string of the molecule is CCC(C)(CC)C(=O)OCCOC(=O)c1cscn1. The summed E-state index contributed by atoms with van der Waals surface area (Å²) in [7, 11) is 0. The summed E-state index contributed by atoms with van der Waals surface area (Å²) in [5.74, 6) is -0.742. The quantitative estimate of drug-likeness (QED) is 0.569. The van der Waals surface area contributed by atoms with Gasteiger partial charge in [-0.2, -0.15) is 0 Å². The second-order valence-electron chi connectivity index (χ2n) is 4.41. The van der Waals surface area contributed by atoms with E-state index < -0.39 is 11.4 Å². The second-order valence-corrected chi connectivity index (χ2v) is 5.13. The summed E-state index contributed by atoms with van der Waals surface area (Å²) in [5.41, 5.74) is 1.38. The number of carbonyl (C=O) groups is 2. The van der Waals surface area contributed by atoms with Gasteiger partial charge in [-0.3, -0.25) is 4.79 Å². The van der Waals surface area contributed by atoms with Gasteiger partial charge < -0.3 is 9.47 Å². The van der Waals surface area contributed by atoms with E-state index in [4.69, 9.17) is 9.47 Å². The third kappa shape index (κ3) is 4.31. The van der Waals surface area contributed by atoms with Crippen LogP contribution in [0.1, 0.15) is 44.1 Å². The van der Waals surface area contributed by atoms with Crippen LogP contribution in [0.5, 0.6) is 0 Å². The van der Waals surface area contributed by atoms with E-state index in [0.717, 1.165) is 12.8 Å². The zero-order chi connectivity index (χ0) is 14.3. The van der Waals surface area contributed by atoms with Gasteiger partial charge in [0.1, 0.15) is 13.2 Å². The highest BCUT2D eigenvalue weighted by molar-refractivity contribution is 7.07. The Balaban J connectivity index is 2.28. The normalized spacial score (nSPS) is 11.1. The molecule has 19 heavy (non-hydrogen) atoms. The molecule has 1 rings (SSSR count). The van der Waals surface area contributed by atoms with Crippen LogP contribution in [-0.2, 0) is 14.3 Å². The number of esters is 2. The van der Waals surface area contributed by atoms with Crippen LogP contribution in [0.4, 0.5) is 0 Å². The van der Waals surface area contributed by atoms with Gasteiger partial charge in [-0.15, -0.1) is 11.3 Å². The Morgan fingerprint density at radius 3 is 2.42 bits per heavy atom. The van der Waals surface area contributed by atoms with E-state index in [2.05, 4.69) is 4.98 Å². The molecule has 0 radical (unpaired) electrons. The van der Waals surface area contributed by atoms with Crippen LogP contribution in [0.15, 0.2) is 10.9 Å². The highest BCUT2D eigenvalue weighted by Crippen LogP contribution is 2.26. The Kier molecular flexibility index (Phi) is 5.95. The molecule has 0 aliphatic carbocycles. The van der Waals surface area contributed by atoms with Crippen molar-refractivity contribution in [3.63, 3.8) is 0 Å². The summed E-state index contributed by atoms with van der Waals surface area (Å²) in [5, 5.41) is 1.61. The summed E-state index contributed by atoms with van der Waals surface area (Å²) in [6, 6.07) is 0. The maximum atomic E-state index is 11.8. The second kappa shape index (κ2) is 7.23. The van der Waals surface area contributed by atoms with E-state index >= 15 is 0 Å². The fraction of sp³-hybridized carbons (Fsp3) is 0.615. The molecule has 1 heterocycles. The molecule has 1 aromatic rings. The van der Waals surface area contributed by atoms with Gasteiger partial charge in [0, 0.05) is 5.38 Å². The van der Waals surface area contributed by atoms with Gasteiger partial charge in [0.2, 0.25) is 0 Å². The standard InChI is InChI=1S/C13H19NO4S/c1-4-13(3,5-2)12(16)18-7-6-17-11(15)10-8-19-9-14-10/h8-9H,4-7H2,1-3H3. The van der Waals surface area contributed by atoms with Gasteiger partial charge in [0.05, 0.1) is 10.9 Å². The van der Waals surface area contributed by atoms with E-state index in [1.165, 1.54) is 11.3 Å². The minimum atomic E-state index is -0.494. The third-order valence-corrected chi connectivity index (χ3v) is 3.83. The lowest BCUT2D eigenvalue weighted by atomic mass is 9.85. The monoisotopic (exact) mass is 285 g/mol. The summed E-state index contributed by atoms with van der Waals surface area (Å²) in [6.45, 7) is 5.90. The molecule has 0 bridgehead atoms. The van der Waals surface area contributed by atoms with Crippen molar-refractivity contribution in [2.24, 2.45) is 5.41 Å². The molecule has 0 aliphatic rings. The minimum Gasteiger partial charge on any atom is -0.462 e. The number of ether oxygens (including phenoxy) is 2. The lowest BCUT2D eigenvalue weighted by Gasteiger charge is -2.23. The average molecular weight is 285 g/mol. The first-order chi connectivity index (χ1) is 9.03. The van der Waals surface area contributed by atoms with Crippen molar-refractivity contribution in [2.75, 3.05) is 13.2 Å². The van der Waals surface area contributed by atoms with Crippen LogP contribution in [0.25, 0.3) is 0 Å². The molecule has 0 saturated heterocycles. The van der Waals surface area contributed by atoms with Crippen molar-refractivity contribution in [1.82, 2.24) is 4.98 Å². The molecule has 0 unspecified atom stereocenters. The largest absolute Gasteiger partial charge is 0.462 e. The van der Waals surface area contributed by atoms with Crippen molar-refractivity contribution in [1.29, 1.82) is 0 Å². The molecule has 0 N–H and O–H groups in total. The molecule has 0 fully saturated rings. The predicted molar refractivity (Wildman–Crippen MR) is 72.0 cm³/mol. The van der Waals surface area contributed by atoms with Crippen molar-refractivity contribution in [3.8, 4) is 0 Å². The zero-order valence-electron chi connectivity index (χ0n) is 11.5. The van der Waals surface area contributed by atoms with Crippen LogP contribution in [0.2, 0.25) is 0 Å². The maximum Gasteiger partial charge on any atom is 0.357 e. The zero-order valence-corrected chi connectivity index (χ0v) is 12.3. The molecule has 0 amide bonds. The molecule has 0 aliphatic heterocycles. The van der Waals surface area contributed by atoms with Crippen molar-refractivity contribution in [3.05, 3.63) is 16.6 Å². The van der Waals surface area contributed by atoms with Crippen LogP contribution < -0.4 is 0 Å². The van der Waals surface area contributed by atoms with Gasteiger partial charge in [0.15, 0.2) is 5.69 Å². The Bertz CT molecular complexity index is 412. The third-order valence-electron chi connectivity index (χ3n) is 3.24. The maximum absolute atomic E-state index is 11.8. The fourth-order valence-corrected chi connectivity index (χ4v) is 1.89. The number of thiazole rings is 1. The van der Waals surface area contributed by atoms with Gasteiger partial charge in [-0.25, -0.2) is 9.78 Å². The first kappa shape index (κ1) is 15.6. The molecule has 0 aromatic carbocycles. The van der Waals surface area contributed by atoms with E-state index in [1.807, 2.05) is 20.8 Å². The van der Waals surface area contributed by atoms with E-state index in [0.29, 0.717) is 0 Å². The summed E-state index contributed by atoms with van der Waals surface area (Å²) in [6.07, 6.45) is 1.45. The molecule has 0 atom stereocenters. The Labute approximate surface area is 116 Å². The minimum absolute atomic E-state index is 0.0472. The number of hydrogen-bond donors (Lipinski definition) is 0. The first-order valence-electron chi connectivity index (χ1n) is 6.26. The van der Waals surface area contributed by atoms with E-state index in [-0.39, 0.29) is 24.9 Å². The number of aromatic nitrogens is 1. The fourth-order valence-electron chi connectivity index (χ4n) is 1.37. The molecule has 6 heteroatoms. The number of nitrogens with zero attached hydrogens (tertiary/aromatic N) is 1. The van der Waals surface area contributed by atoms with Gasteiger partial charge in [-0.1, -0.05) is 13.8 Å². The molecular weight excluding hydrogens is 266 g/mol. The Morgan fingerprint density at radius 2 is 1.89 bits per heavy atom. The highest BCUT2D eigenvalue weighted by Gasteiger charge is 2.30. The number of carbonyl (C=O) groups excluding carboxylic acids is 2. The predicted octanol–water partition coefficient (Wildman–Crippen LogP) is 2.67. The average Bonchev–Trinajstić information content (AvgIpc) is 2.96. The summed E-state index contributed by atoms with van der Waals surface area (Å²) in [4.78, 5) is 27.1. The first-order valence-corrected chi connectivity index (χ1v) is 7.20. The molecule has 5 nitrogen and oxygen atoms in total. The van der Waals surface area contributed by atoms with Crippen LogP contribution >= 0.6 is 11.3 Å². The molecule has 1 aromatic heterocycles. The smallest absolute Gasteiger partial charge is 0.357 e. The number of hydrogen-bond acceptors (Lipinski definition) is 6. The van der Waals surface area contributed by atoms with Crippen LogP contribution in [0, 0.1) is 5.41 Å². The molecule has 0 spiro atoms. The summed E-state index contributed by atoms with van der Waals surface area (Å²) < 4.78 is 10.1. The molecule has 106 valence electrons. The Morgan fingerprint density at radius 1 is 1.26 bits per heavy atom. The van der Waals surface area contributed by atoms with Crippen LogP contribution in [-0.4, -0.2) is 30.1 Å². The summed E-state index contributed by atoms with van der Waals surface area (Å²) >= 11 is 1.32. The lowest BCUT2D eigenvalue weighted by molar-refractivity contribution is -0.156. The number of rotatable bonds is 7. The topological polar surface area (TPSA) is 65.5 Å². The van der Waals surface area contributed by atoms with E-state index in [1.54, 1.807) is 10.9 Å². The van der Waals surface area contributed by atoms with Crippen molar-refractivity contribution < 1.29 is 19.1 Å². The van der Waals surface area contributed by atoms with Crippen molar-refractivity contribution in [2.45, 2.75) is 33.6 Å². The molecule has 0 saturated carbocycles. The Hall–Kier alpha value is -1.43. The van der Waals surface area contributed by atoms with Crippen molar-refractivity contribution >= 4 is 23.3 Å². The van der Waals surface area contributed by atoms with Gasteiger partial charge in [-0.05, 0) is 19.8 Å². The lowest BCUT2D eigenvalue weighted by Crippen LogP contribution is -2.29. The van der Waals surface area contributed by atoms with Gasteiger partial charge >= 0.3 is 11.9 Å². The van der Waals surface area contributed by atoms with E-state index in [9.17, 15) is 9.59 Å². The van der Waals surface area contributed by atoms with Gasteiger partial charge in [0.25, 0.3) is 0 Å². The molecular formula is C13H19NO4S. The van der Waals surface area contributed by atoms with Crippen LogP contribution in [0.3, 0.4) is 0 Å². The highest BCUT2D eigenvalue weighted by atomic mass is 32.1.